The minimum absolute atomic E-state index is 0.243. The molecule has 0 amide bonds. The van der Waals surface area contributed by atoms with Gasteiger partial charge in [-0.3, -0.25) is 11.3 Å². The van der Waals surface area contributed by atoms with Gasteiger partial charge in [-0.15, -0.1) is 0 Å². The summed E-state index contributed by atoms with van der Waals surface area (Å²) in [6.45, 7) is 5.70. The van der Waals surface area contributed by atoms with Crippen molar-refractivity contribution in [2.75, 3.05) is 6.61 Å². The highest BCUT2D eigenvalue weighted by molar-refractivity contribution is 4.98. The average Bonchev–Trinajstić information content (AvgIpc) is 2.47. The summed E-state index contributed by atoms with van der Waals surface area (Å²) in [6.07, 6.45) is 11.9. The van der Waals surface area contributed by atoms with Crippen LogP contribution < -0.4 is 11.3 Å². The fourth-order valence-electron chi connectivity index (χ4n) is 5.12. The molecule has 1 aliphatic heterocycles. The third-order valence-electron chi connectivity index (χ3n) is 6.76. The number of rotatable bonds is 4. The number of hydrogen-bond donors (Lipinski definition) is 2. The van der Waals surface area contributed by atoms with Gasteiger partial charge in [0.25, 0.3) is 0 Å². The van der Waals surface area contributed by atoms with Gasteiger partial charge in [-0.25, -0.2) is 0 Å². The predicted molar refractivity (Wildman–Crippen MR) is 86.7 cm³/mol. The summed E-state index contributed by atoms with van der Waals surface area (Å²) in [7, 11) is 0. The SMILES string of the molecule is CC(C)C1CCC(C(NN)C2CCOC3(CCC3)C2)CC1. The van der Waals surface area contributed by atoms with Crippen LogP contribution >= 0.6 is 0 Å². The summed E-state index contributed by atoms with van der Waals surface area (Å²) in [5.41, 5.74) is 3.46. The van der Waals surface area contributed by atoms with Crippen molar-refractivity contribution in [1.29, 1.82) is 0 Å². The van der Waals surface area contributed by atoms with Gasteiger partial charge >= 0.3 is 0 Å². The van der Waals surface area contributed by atoms with Gasteiger partial charge in [-0.1, -0.05) is 13.8 Å². The van der Waals surface area contributed by atoms with E-state index >= 15 is 0 Å². The first-order valence-electron chi connectivity index (χ1n) is 9.24. The maximum atomic E-state index is 6.09. The zero-order valence-electron chi connectivity index (χ0n) is 13.9. The highest BCUT2D eigenvalue weighted by atomic mass is 16.5. The molecule has 3 heteroatoms. The van der Waals surface area contributed by atoms with E-state index in [0.717, 1.165) is 30.3 Å². The van der Waals surface area contributed by atoms with Crippen molar-refractivity contribution in [3.8, 4) is 0 Å². The number of nitrogens with one attached hydrogen (secondary N) is 1. The Morgan fingerprint density at radius 1 is 1.00 bits per heavy atom. The van der Waals surface area contributed by atoms with Crippen molar-refractivity contribution in [1.82, 2.24) is 5.43 Å². The van der Waals surface area contributed by atoms with Crippen molar-refractivity contribution in [2.45, 2.75) is 83.3 Å². The minimum atomic E-state index is 0.243. The average molecular weight is 294 g/mol. The molecule has 0 bridgehead atoms. The molecule has 122 valence electrons. The zero-order chi connectivity index (χ0) is 14.9. The second-order valence-corrected chi connectivity index (χ2v) is 8.25. The molecule has 1 spiro atoms. The molecule has 0 aromatic heterocycles. The van der Waals surface area contributed by atoms with Crippen molar-refractivity contribution in [3.63, 3.8) is 0 Å². The summed E-state index contributed by atoms with van der Waals surface area (Å²) in [4.78, 5) is 0. The molecule has 3 aliphatic rings. The number of hydrazine groups is 1. The lowest BCUT2D eigenvalue weighted by molar-refractivity contribution is -0.149. The second kappa shape index (κ2) is 6.55. The van der Waals surface area contributed by atoms with Gasteiger partial charge in [0.05, 0.1) is 5.60 Å². The molecular formula is C18H34N2O. The van der Waals surface area contributed by atoms with Crippen LogP contribution in [0.1, 0.15) is 71.6 Å². The molecule has 0 aromatic rings. The van der Waals surface area contributed by atoms with Crippen molar-refractivity contribution in [3.05, 3.63) is 0 Å². The van der Waals surface area contributed by atoms with E-state index in [9.17, 15) is 0 Å². The molecule has 1 saturated heterocycles. The quantitative estimate of drug-likeness (QED) is 0.615. The summed E-state index contributed by atoms with van der Waals surface area (Å²) < 4.78 is 6.09. The highest BCUT2D eigenvalue weighted by Gasteiger charge is 2.45. The zero-order valence-corrected chi connectivity index (χ0v) is 13.9. The van der Waals surface area contributed by atoms with Crippen molar-refractivity contribution >= 4 is 0 Å². The van der Waals surface area contributed by atoms with Crippen LogP contribution in [-0.2, 0) is 4.74 Å². The van der Waals surface area contributed by atoms with Crippen LogP contribution in [0.2, 0.25) is 0 Å². The first-order valence-corrected chi connectivity index (χ1v) is 9.24. The van der Waals surface area contributed by atoms with Crippen LogP contribution in [0, 0.1) is 23.7 Å². The third-order valence-corrected chi connectivity index (χ3v) is 6.76. The molecule has 2 atom stereocenters. The van der Waals surface area contributed by atoms with Crippen LogP contribution in [0.3, 0.4) is 0 Å². The van der Waals surface area contributed by atoms with E-state index in [1.165, 1.54) is 57.8 Å². The van der Waals surface area contributed by atoms with Gasteiger partial charge in [-0.05, 0) is 81.5 Å². The van der Waals surface area contributed by atoms with Gasteiger partial charge in [0.15, 0.2) is 0 Å². The lowest BCUT2D eigenvalue weighted by Gasteiger charge is -2.50. The van der Waals surface area contributed by atoms with Crippen LogP contribution in [0.5, 0.6) is 0 Å². The maximum Gasteiger partial charge on any atom is 0.0685 e. The number of nitrogens with two attached hydrogens (primary N) is 1. The van der Waals surface area contributed by atoms with Gasteiger partial charge in [0.2, 0.25) is 0 Å². The standard InChI is InChI=1S/C18H34N2O/c1-13(2)14-4-6-15(7-5-14)17(20-19)16-8-11-21-18(12-16)9-3-10-18/h13-17,20H,3-12,19H2,1-2H3. The van der Waals surface area contributed by atoms with Gasteiger partial charge in [0, 0.05) is 12.6 Å². The Morgan fingerprint density at radius 3 is 2.19 bits per heavy atom. The molecule has 3 fully saturated rings. The molecule has 2 aliphatic carbocycles. The molecule has 0 radical (unpaired) electrons. The second-order valence-electron chi connectivity index (χ2n) is 8.25. The summed E-state index contributed by atoms with van der Waals surface area (Å²) in [5, 5.41) is 0. The monoisotopic (exact) mass is 294 g/mol. The number of ether oxygens (including phenoxy) is 1. The van der Waals surface area contributed by atoms with Gasteiger partial charge < -0.3 is 4.74 Å². The first kappa shape index (κ1) is 15.8. The van der Waals surface area contributed by atoms with E-state index in [1.54, 1.807) is 0 Å². The van der Waals surface area contributed by atoms with Gasteiger partial charge in [0.1, 0.15) is 0 Å². The summed E-state index contributed by atoms with van der Waals surface area (Å²) >= 11 is 0. The Morgan fingerprint density at radius 2 is 1.67 bits per heavy atom. The van der Waals surface area contributed by atoms with Crippen LogP contribution in [0.4, 0.5) is 0 Å². The van der Waals surface area contributed by atoms with E-state index in [0.29, 0.717) is 6.04 Å². The first-order chi connectivity index (χ1) is 10.1. The Labute approximate surface area is 130 Å². The molecule has 0 aromatic carbocycles. The molecule has 2 saturated carbocycles. The topological polar surface area (TPSA) is 47.3 Å². The molecule has 3 rings (SSSR count). The van der Waals surface area contributed by atoms with Crippen molar-refractivity contribution < 1.29 is 4.74 Å². The number of hydrogen-bond acceptors (Lipinski definition) is 3. The van der Waals surface area contributed by atoms with E-state index < -0.39 is 0 Å². The highest BCUT2D eigenvalue weighted by Crippen LogP contribution is 2.47. The molecule has 3 nitrogen and oxygen atoms in total. The summed E-state index contributed by atoms with van der Waals surface area (Å²) in [5.74, 6) is 9.28. The normalized spacial score (nSPS) is 37.4. The summed E-state index contributed by atoms with van der Waals surface area (Å²) in [6, 6.07) is 0.513. The largest absolute Gasteiger partial charge is 0.375 e. The Bertz CT molecular complexity index is 332. The lowest BCUT2D eigenvalue weighted by atomic mass is 9.66. The van der Waals surface area contributed by atoms with Crippen LogP contribution in [0.25, 0.3) is 0 Å². The predicted octanol–water partition coefficient (Wildman–Crippen LogP) is 3.63. The lowest BCUT2D eigenvalue weighted by Crippen LogP contribution is -2.54. The minimum Gasteiger partial charge on any atom is -0.375 e. The molecular weight excluding hydrogens is 260 g/mol. The fraction of sp³-hybridized carbons (Fsp3) is 1.00. The van der Waals surface area contributed by atoms with Crippen LogP contribution in [-0.4, -0.2) is 18.2 Å². The third kappa shape index (κ3) is 3.30. The Hall–Kier alpha value is -0.120. The molecule has 3 N–H and O–H groups in total. The van der Waals surface area contributed by atoms with E-state index in [1.807, 2.05) is 0 Å². The van der Waals surface area contributed by atoms with Crippen LogP contribution in [0.15, 0.2) is 0 Å². The Balaban J connectivity index is 1.57. The van der Waals surface area contributed by atoms with Crippen molar-refractivity contribution in [2.24, 2.45) is 29.5 Å². The fourth-order valence-corrected chi connectivity index (χ4v) is 5.12. The van der Waals surface area contributed by atoms with E-state index in [-0.39, 0.29) is 5.60 Å². The Kier molecular flexibility index (Phi) is 4.92. The molecule has 21 heavy (non-hydrogen) atoms. The molecule has 2 unspecified atom stereocenters. The van der Waals surface area contributed by atoms with E-state index in [2.05, 4.69) is 19.3 Å². The smallest absolute Gasteiger partial charge is 0.0685 e. The van der Waals surface area contributed by atoms with Gasteiger partial charge in [-0.2, -0.15) is 0 Å². The van der Waals surface area contributed by atoms with E-state index in [4.69, 9.17) is 10.6 Å². The molecule has 1 heterocycles. The maximum absolute atomic E-state index is 6.09.